The maximum Gasteiger partial charge on any atom is 0.329 e. The van der Waals surface area contributed by atoms with Crippen LogP contribution >= 0.6 is 11.8 Å². The van der Waals surface area contributed by atoms with E-state index in [1.54, 1.807) is 36.0 Å². The number of nitrogens with one attached hydrogen (secondary N) is 1. The first kappa shape index (κ1) is 20.0. The molecule has 0 aliphatic heterocycles. The fraction of sp³-hybridized carbons (Fsp3) is 0.444. The normalized spacial score (nSPS) is 12.0. The fourth-order valence-electron chi connectivity index (χ4n) is 2.11. The van der Waals surface area contributed by atoms with Crippen LogP contribution in [-0.4, -0.2) is 40.1 Å². The number of carbonyl (C=O) groups excluding carboxylic acids is 2. The molecule has 0 aliphatic rings. The van der Waals surface area contributed by atoms with Gasteiger partial charge in [0, 0.05) is 11.5 Å². The van der Waals surface area contributed by atoms with E-state index in [4.69, 9.17) is 9.26 Å². The molecule has 1 atom stereocenters. The Balaban J connectivity index is 1.95. The number of nitrogens with zero attached hydrogens (tertiary/aromatic N) is 2. The predicted molar refractivity (Wildman–Crippen MR) is 98.9 cm³/mol. The Bertz CT molecular complexity index is 718. The zero-order valence-electron chi connectivity index (χ0n) is 15.1. The number of ether oxygens (including phenoxy) is 1. The van der Waals surface area contributed by atoms with Gasteiger partial charge < -0.3 is 14.6 Å². The summed E-state index contributed by atoms with van der Waals surface area (Å²) in [5.41, 5.74) is 0.493. The van der Waals surface area contributed by atoms with Gasteiger partial charge in [-0.05, 0) is 30.6 Å². The molecule has 0 saturated carbocycles. The lowest BCUT2D eigenvalue weighted by atomic mass is 10.1. The molecule has 0 bridgehead atoms. The van der Waals surface area contributed by atoms with Crippen LogP contribution in [0.15, 0.2) is 34.9 Å². The Labute approximate surface area is 156 Å². The highest BCUT2D eigenvalue weighted by Gasteiger charge is 2.23. The Morgan fingerprint density at radius 2 is 2.00 bits per heavy atom. The van der Waals surface area contributed by atoms with Crippen LogP contribution in [0.3, 0.4) is 0 Å². The first-order valence-electron chi connectivity index (χ1n) is 8.35. The van der Waals surface area contributed by atoms with Crippen molar-refractivity contribution < 1.29 is 18.8 Å². The molecule has 0 radical (unpaired) electrons. The van der Waals surface area contributed by atoms with Crippen LogP contribution in [0.2, 0.25) is 0 Å². The highest BCUT2D eigenvalue weighted by atomic mass is 32.2. The number of amides is 1. The van der Waals surface area contributed by atoms with Crippen LogP contribution in [0.4, 0.5) is 0 Å². The molecular formula is C18H23N3O4S. The highest BCUT2D eigenvalue weighted by Crippen LogP contribution is 2.11. The third kappa shape index (κ3) is 5.87. The van der Waals surface area contributed by atoms with Crippen molar-refractivity contribution in [3.8, 4) is 0 Å². The number of carbonyl (C=O) groups is 2. The van der Waals surface area contributed by atoms with Gasteiger partial charge in [-0.15, -0.1) is 0 Å². The molecule has 1 heterocycles. The summed E-state index contributed by atoms with van der Waals surface area (Å²) < 4.78 is 10.3. The van der Waals surface area contributed by atoms with Gasteiger partial charge in [0.25, 0.3) is 11.8 Å². The van der Waals surface area contributed by atoms with Crippen LogP contribution in [0.25, 0.3) is 0 Å². The molecule has 2 rings (SSSR count). The van der Waals surface area contributed by atoms with E-state index >= 15 is 0 Å². The summed E-state index contributed by atoms with van der Waals surface area (Å²) in [6, 6.07) is 8.02. The average molecular weight is 377 g/mol. The average Bonchev–Trinajstić information content (AvgIpc) is 3.13. The van der Waals surface area contributed by atoms with E-state index in [2.05, 4.69) is 15.5 Å². The second-order valence-electron chi connectivity index (χ2n) is 5.98. The Hall–Kier alpha value is -2.35. The summed E-state index contributed by atoms with van der Waals surface area (Å²) >= 11 is 1.59. The van der Waals surface area contributed by atoms with Crippen molar-refractivity contribution in [2.24, 2.45) is 0 Å². The number of thioether (sulfide) groups is 1. The zero-order chi connectivity index (χ0) is 18.9. The molecule has 0 aliphatic carbocycles. The van der Waals surface area contributed by atoms with Crippen molar-refractivity contribution in [3.63, 3.8) is 0 Å². The lowest BCUT2D eigenvalue weighted by Gasteiger charge is -2.16. The SMILES string of the molecule is CSCCC(NC(=O)c1ccccc1)C(=O)OCc1nc(C(C)C)no1. The lowest BCUT2D eigenvalue weighted by Crippen LogP contribution is -2.42. The van der Waals surface area contributed by atoms with Gasteiger partial charge in [0.05, 0.1) is 0 Å². The number of esters is 1. The summed E-state index contributed by atoms with van der Waals surface area (Å²) in [5, 5.41) is 6.56. The monoisotopic (exact) mass is 377 g/mol. The molecule has 1 aromatic carbocycles. The minimum absolute atomic E-state index is 0.116. The minimum Gasteiger partial charge on any atom is -0.454 e. The second kappa shape index (κ2) is 9.96. The van der Waals surface area contributed by atoms with Gasteiger partial charge in [-0.2, -0.15) is 16.7 Å². The molecule has 1 aromatic heterocycles. The smallest absolute Gasteiger partial charge is 0.329 e. The van der Waals surface area contributed by atoms with Gasteiger partial charge in [-0.1, -0.05) is 37.2 Å². The van der Waals surface area contributed by atoms with Crippen LogP contribution in [0, 0.1) is 0 Å². The number of rotatable bonds is 9. The number of benzene rings is 1. The fourth-order valence-corrected chi connectivity index (χ4v) is 2.58. The van der Waals surface area contributed by atoms with Crippen LogP contribution < -0.4 is 5.32 Å². The van der Waals surface area contributed by atoms with E-state index in [0.717, 1.165) is 0 Å². The van der Waals surface area contributed by atoms with Crippen molar-refractivity contribution in [2.45, 2.75) is 38.8 Å². The molecule has 8 heteroatoms. The minimum atomic E-state index is -0.734. The summed E-state index contributed by atoms with van der Waals surface area (Å²) in [5.74, 6) is 0.809. The molecule has 0 fully saturated rings. The Kier molecular flexibility index (Phi) is 7.65. The molecule has 140 valence electrons. The Morgan fingerprint density at radius 1 is 1.27 bits per heavy atom. The summed E-state index contributed by atoms with van der Waals surface area (Å²) in [7, 11) is 0. The van der Waals surface area contributed by atoms with Gasteiger partial charge >= 0.3 is 5.97 Å². The summed E-state index contributed by atoms with van der Waals surface area (Å²) in [4.78, 5) is 28.9. The number of hydrogen-bond donors (Lipinski definition) is 1. The lowest BCUT2D eigenvalue weighted by molar-refractivity contribution is -0.148. The highest BCUT2D eigenvalue weighted by molar-refractivity contribution is 7.98. The largest absolute Gasteiger partial charge is 0.454 e. The van der Waals surface area contributed by atoms with E-state index in [0.29, 0.717) is 23.6 Å². The zero-order valence-corrected chi connectivity index (χ0v) is 15.9. The van der Waals surface area contributed by atoms with E-state index < -0.39 is 12.0 Å². The van der Waals surface area contributed by atoms with Crippen LogP contribution in [0.1, 0.15) is 48.3 Å². The number of aromatic nitrogens is 2. The molecule has 7 nitrogen and oxygen atoms in total. The quantitative estimate of drug-likeness (QED) is 0.672. The Morgan fingerprint density at radius 3 is 2.62 bits per heavy atom. The van der Waals surface area contributed by atoms with Gasteiger partial charge in [0.15, 0.2) is 12.4 Å². The summed E-state index contributed by atoms with van der Waals surface area (Å²) in [6.45, 7) is 3.77. The van der Waals surface area contributed by atoms with Crippen LogP contribution in [0.5, 0.6) is 0 Å². The van der Waals surface area contributed by atoms with Gasteiger partial charge in [-0.25, -0.2) is 4.79 Å². The maximum absolute atomic E-state index is 12.4. The molecule has 26 heavy (non-hydrogen) atoms. The standard InChI is InChI=1S/C18H23N3O4S/c1-12(2)16-20-15(25-21-16)11-24-18(23)14(9-10-26-3)19-17(22)13-7-5-4-6-8-13/h4-8,12,14H,9-11H2,1-3H3,(H,19,22). The predicted octanol–water partition coefficient (Wildman–Crippen LogP) is 2.79. The molecular weight excluding hydrogens is 354 g/mol. The second-order valence-corrected chi connectivity index (χ2v) is 6.97. The maximum atomic E-state index is 12.4. The molecule has 0 spiro atoms. The van der Waals surface area contributed by atoms with Gasteiger partial charge in [0.2, 0.25) is 0 Å². The third-order valence-electron chi connectivity index (χ3n) is 3.57. The molecule has 1 unspecified atom stereocenters. The first-order valence-corrected chi connectivity index (χ1v) is 9.74. The third-order valence-corrected chi connectivity index (χ3v) is 4.22. The van der Waals surface area contributed by atoms with E-state index in [1.807, 2.05) is 26.2 Å². The van der Waals surface area contributed by atoms with E-state index in [1.165, 1.54) is 0 Å². The molecule has 1 N–H and O–H groups in total. The summed E-state index contributed by atoms with van der Waals surface area (Å²) in [6.07, 6.45) is 2.41. The van der Waals surface area contributed by atoms with Gasteiger partial charge in [0.1, 0.15) is 6.04 Å². The molecule has 0 saturated heterocycles. The molecule has 2 aromatic rings. The topological polar surface area (TPSA) is 94.3 Å². The van der Waals surface area contributed by atoms with E-state index in [9.17, 15) is 9.59 Å². The van der Waals surface area contributed by atoms with Crippen molar-refractivity contribution in [2.75, 3.05) is 12.0 Å². The van der Waals surface area contributed by atoms with Gasteiger partial charge in [-0.3, -0.25) is 4.79 Å². The van der Waals surface area contributed by atoms with Crippen molar-refractivity contribution >= 4 is 23.6 Å². The van der Waals surface area contributed by atoms with Crippen LogP contribution in [-0.2, 0) is 16.1 Å². The van der Waals surface area contributed by atoms with Crippen molar-refractivity contribution in [3.05, 3.63) is 47.6 Å². The van der Waals surface area contributed by atoms with Crippen molar-refractivity contribution in [1.82, 2.24) is 15.5 Å². The molecule has 1 amide bonds. The first-order chi connectivity index (χ1) is 12.5. The number of hydrogen-bond acceptors (Lipinski definition) is 7. The van der Waals surface area contributed by atoms with Crippen molar-refractivity contribution in [1.29, 1.82) is 0 Å². The van der Waals surface area contributed by atoms with E-state index in [-0.39, 0.29) is 24.3 Å².